The zero-order valence-corrected chi connectivity index (χ0v) is 7.82. The number of aliphatic carboxylic acids is 1. The number of ether oxygens (including phenoxy) is 2. The summed E-state index contributed by atoms with van der Waals surface area (Å²) in [7, 11) is 0. The van der Waals surface area contributed by atoms with Crippen LogP contribution in [0.25, 0.3) is 0 Å². The van der Waals surface area contributed by atoms with E-state index in [0.717, 1.165) is 0 Å². The van der Waals surface area contributed by atoms with E-state index in [1.807, 2.05) is 0 Å². The minimum atomic E-state index is -0.936. The molecule has 0 radical (unpaired) electrons. The predicted molar refractivity (Wildman–Crippen MR) is 45.1 cm³/mol. The van der Waals surface area contributed by atoms with Crippen LogP contribution in [-0.2, 0) is 14.3 Å². The summed E-state index contributed by atoms with van der Waals surface area (Å²) in [5.41, 5.74) is 5.33. The van der Waals surface area contributed by atoms with Gasteiger partial charge < -0.3 is 20.3 Å². The Hall–Kier alpha value is -0.650. The average molecular weight is 189 g/mol. The molecule has 1 heterocycles. The van der Waals surface area contributed by atoms with E-state index in [4.69, 9.17) is 20.3 Å². The lowest BCUT2D eigenvalue weighted by atomic mass is 10.0. The van der Waals surface area contributed by atoms with Crippen molar-refractivity contribution in [1.29, 1.82) is 0 Å². The summed E-state index contributed by atoms with van der Waals surface area (Å²) in [6.45, 7) is 3.87. The highest BCUT2D eigenvalue weighted by atomic mass is 16.7. The van der Waals surface area contributed by atoms with Crippen LogP contribution in [0.15, 0.2) is 0 Å². The second kappa shape index (κ2) is 3.61. The van der Waals surface area contributed by atoms with E-state index in [2.05, 4.69) is 0 Å². The first-order valence-electron chi connectivity index (χ1n) is 4.21. The van der Waals surface area contributed by atoms with Gasteiger partial charge in [0.1, 0.15) is 0 Å². The third kappa shape index (κ3) is 2.40. The van der Waals surface area contributed by atoms with Crippen molar-refractivity contribution in [3.8, 4) is 0 Å². The summed E-state index contributed by atoms with van der Waals surface area (Å²) in [6, 6.07) is 0. The van der Waals surface area contributed by atoms with Crippen molar-refractivity contribution in [2.24, 2.45) is 11.7 Å². The molecular weight excluding hydrogens is 174 g/mol. The molecule has 2 unspecified atom stereocenters. The zero-order valence-electron chi connectivity index (χ0n) is 7.82. The van der Waals surface area contributed by atoms with Crippen LogP contribution in [-0.4, -0.2) is 36.1 Å². The van der Waals surface area contributed by atoms with Crippen LogP contribution in [0.3, 0.4) is 0 Å². The summed E-state index contributed by atoms with van der Waals surface area (Å²) in [4.78, 5) is 10.7. The lowest BCUT2D eigenvalue weighted by Crippen LogP contribution is -2.37. The first kappa shape index (κ1) is 10.4. The van der Waals surface area contributed by atoms with Gasteiger partial charge in [-0.2, -0.15) is 0 Å². The normalized spacial score (nSPS) is 28.7. The van der Waals surface area contributed by atoms with Gasteiger partial charge in [-0.05, 0) is 13.8 Å². The number of carboxylic acid groups (broad SMARTS) is 1. The number of carbonyl (C=O) groups is 1. The molecule has 5 nitrogen and oxygen atoms in total. The van der Waals surface area contributed by atoms with Crippen LogP contribution in [0.2, 0.25) is 0 Å². The van der Waals surface area contributed by atoms with Gasteiger partial charge in [0.15, 0.2) is 5.79 Å². The summed E-state index contributed by atoms with van der Waals surface area (Å²) in [5.74, 6) is -2.30. The van der Waals surface area contributed by atoms with Crippen LogP contribution in [0.4, 0.5) is 0 Å². The van der Waals surface area contributed by atoms with E-state index in [1.165, 1.54) is 0 Å². The Bertz CT molecular complexity index is 204. The predicted octanol–water partition coefficient (Wildman–Crippen LogP) is -0.203. The summed E-state index contributed by atoms with van der Waals surface area (Å²) < 4.78 is 10.6. The molecule has 1 saturated heterocycles. The summed E-state index contributed by atoms with van der Waals surface area (Å²) >= 11 is 0. The first-order chi connectivity index (χ1) is 5.96. The first-order valence-corrected chi connectivity index (χ1v) is 4.21. The molecule has 0 aromatic heterocycles. The Balaban J connectivity index is 2.58. The van der Waals surface area contributed by atoms with Gasteiger partial charge in [0.05, 0.1) is 18.6 Å². The van der Waals surface area contributed by atoms with Crippen LogP contribution in [0, 0.1) is 5.92 Å². The minimum absolute atomic E-state index is 0.0689. The van der Waals surface area contributed by atoms with Crippen LogP contribution < -0.4 is 5.73 Å². The fourth-order valence-corrected chi connectivity index (χ4v) is 1.33. The van der Waals surface area contributed by atoms with E-state index in [0.29, 0.717) is 6.61 Å². The van der Waals surface area contributed by atoms with Crippen molar-refractivity contribution in [3.05, 3.63) is 0 Å². The maximum absolute atomic E-state index is 10.7. The minimum Gasteiger partial charge on any atom is -0.481 e. The molecule has 13 heavy (non-hydrogen) atoms. The third-order valence-corrected chi connectivity index (χ3v) is 2.05. The second-order valence-corrected chi connectivity index (χ2v) is 3.55. The topological polar surface area (TPSA) is 81.8 Å². The Labute approximate surface area is 76.8 Å². The maximum atomic E-state index is 10.7. The van der Waals surface area contributed by atoms with Gasteiger partial charge in [0.2, 0.25) is 0 Å². The molecular formula is C8H15NO4. The molecule has 0 aromatic carbocycles. The number of carboxylic acids is 1. The van der Waals surface area contributed by atoms with E-state index in [9.17, 15) is 4.79 Å². The smallest absolute Gasteiger partial charge is 0.310 e. The molecule has 1 rings (SSSR count). The molecule has 0 bridgehead atoms. The highest BCUT2D eigenvalue weighted by Gasteiger charge is 2.39. The monoisotopic (exact) mass is 189 g/mol. The Morgan fingerprint density at radius 1 is 1.77 bits per heavy atom. The van der Waals surface area contributed by atoms with Gasteiger partial charge in [0, 0.05) is 6.54 Å². The molecule has 0 saturated carbocycles. The van der Waals surface area contributed by atoms with Gasteiger partial charge in [-0.25, -0.2) is 0 Å². The van der Waals surface area contributed by atoms with Gasteiger partial charge in [-0.3, -0.25) is 4.79 Å². The molecule has 1 aliphatic heterocycles. The SMILES string of the molecule is CC1(C)OCC(C(CN)C(=O)O)O1. The fraction of sp³-hybridized carbons (Fsp3) is 0.875. The van der Waals surface area contributed by atoms with E-state index in [-0.39, 0.29) is 6.54 Å². The van der Waals surface area contributed by atoms with Gasteiger partial charge in [0.25, 0.3) is 0 Å². The van der Waals surface area contributed by atoms with Gasteiger partial charge in [-0.1, -0.05) is 0 Å². The third-order valence-electron chi connectivity index (χ3n) is 2.05. The summed E-state index contributed by atoms with van der Waals surface area (Å²) in [5, 5.41) is 8.79. The van der Waals surface area contributed by atoms with Gasteiger partial charge >= 0.3 is 5.97 Å². The molecule has 76 valence electrons. The van der Waals surface area contributed by atoms with Crippen LogP contribution >= 0.6 is 0 Å². The van der Waals surface area contributed by atoms with Crippen molar-refractivity contribution >= 4 is 5.97 Å². The molecule has 0 amide bonds. The number of rotatable bonds is 3. The number of nitrogens with two attached hydrogens (primary N) is 1. The van der Waals surface area contributed by atoms with Crippen molar-refractivity contribution in [2.45, 2.75) is 25.7 Å². The lowest BCUT2D eigenvalue weighted by Gasteiger charge is -2.20. The standard InChI is InChI=1S/C8H15NO4/c1-8(2)12-4-6(13-8)5(3-9)7(10)11/h5-6H,3-4,9H2,1-2H3,(H,10,11). The molecule has 3 N–H and O–H groups in total. The Morgan fingerprint density at radius 2 is 2.38 bits per heavy atom. The molecule has 1 aliphatic rings. The lowest BCUT2D eigenvalue weighted by molar-refractivity contribution is -0.158. The molecule has 0 aliphatic carbocycles. The van der Waals surface area contributed by atoms with Crippen molar-refractivity contribution < 1.29 is 19.4 Å². The summed E-state index contributed by atoms with van der Waals surface area (Å²) in [6.07, 6.45) is -0.433. The zero-order chi connectivity index (χ0) is 10.1. The molecule has 0 aromatic rings. The fourth-order valence-electron chi connectivity index (χ4n) is 1.33. The van der Waals surface area contributed by atoms with E-state index < -0.39 is 23.8 Å². The maximum Gasteiger partial charge on any atom is 0.310 e. The molecule has 0 spiro atoms. The van der Waals surface area contributed by atoms with Crippen molar-refractivity contribution in [2.75, 3.05) is 13.2 Å². The van der Waals surface area contributed by atoms with E-state index in [1.54, 1.807) is 13.8 Å². The molecule has 2 atom stereocenters. The highest BCUT2D eigenvalue weighted by molar-refractivity contribution is 5.71. The van der Waals surface area contributed by atoms with Crippen LogP contribution in [0.1, 0.15) is 13.8 Å². The Kier molecular flexibility index (Phi) is 2.90. The Morgan fingerprint density at radius 3 is 2.69 bits per heavy atom. The largest absolute Gasteiger partial charge is 0.481 e. The van der Waals surface area contributed by atoms with Gasteiger partial charge in [-0.15, -0.1) is 0 Å². The molecule has 1 fully saturated rings. The van der Waals surface area contributed by atoms with Crippen molar-refractivity contribution in [1.82, 2.24) is 0 Å². The molecule has 5 heteroatoms. The van der Waals surface area contributed by atoms with E-state index >= 15 is 0 Å². The average Bonchev–Trinajstić information content (AvgIpc) is 2.31. The van der Waals surface area contributed by atoms with Crippen LogP contribution in [0.5, 0.6) is 0 Å². The number of hydrogen-bond donors (Lipinski definition) is 2. The second-order valence-electron chi connectivity index (χ2n) is 3.55. The quantitative estimate of drug-likeness (QED) is 0.642. The van der Waals surface area contributed by atoms with Crippen molar-refractivity contribution in [3.63, 3.8) is 0 Å². The number of hydrogen-bond acceptors (Lipinski definition) is 4. The highest BCUT2D eigenvalue weighted by Crippen LogP contribution is 2.26.